The zero-order valence-electron chi connectivity index (χ0n) is 21.9. The maximum Gasteiger partial charge on any atom is 1.00 e. The first-order valence-electron chi connectivity index (χ1n) is 13.6. The minimum Gasteiger partial charge on any atom is -0.550 e. The van der Waals surface area contributed by atoms with Crippen molar-refractivity contribution in [2.45, 2.75) is 155 Å². The number of carbonyl (C=O) groups is 1. The van der Waals surface area contributed by atoms with Crippen molar-refractivity contribution < 1.29 is 61.3 Å². The molecule has 4 heteroatoms. The molecule has 0 aromatic heterocycles. The average Bonchev–Trinajstić information content (AvgIpc) is 2.73. The van der Waals surface area contributed by atoms with Crippen molar-refractivity contribution >= 4 is 5.97 Å². The number of carboxylic acids is 1. The fourth-order valence-corrected chi connectivity index (χ4v) is 4.50. The molecular formula is C27H54KNO2. The standard InChI is InChI=1S/C27H55NO2.K/c1-4-7-9-11-13-15-17-19-24-28(26(21-6-3)22-23-27(29)30)25-20-18-16-14-12-10-8-5-2;/h26H,4-25H2,1-3H3,(H,29,30);/q;+1/p-1. The third kappa shape index (κ3) is 24.0. The number of hydrogen-bond donors (Lipinski definition) is 0. The second-order valence-corrected chi connectivity index (χ2v) is 9.34. The van der Waals surface area contributed by atoms with E-state index in [1.54, 1.807) is 0 Å². The van der Waals surface area contributed by atoms with Crippen LogP contribution in [0.3, 0.4) is 0 Å². The minimum absolute atomic E-state index is 0. The van der Waals surface area contributed by atoms with E-state index in [0.717, 1.165) is 32.4 Å². The van der Waals surface area contributed by atoms with Crippen molar-refractivity contribution in [1.82, 2.24) is 4.90 Å². The first-order chi connectivity index (χ1) is 14.7. The summed E-state index contributed by atoms with van der Waals surface area (Å²) < 4.78 is 0. The Balaban J connectivity index is 0. The fraction of sp³-hybridized carbons (Fsp3) is 0.963. The van der Waals surface area contributed by atoms with Crippen molar-refractivity contribution in [3.8, 4) is 0 Å². The summed E-state index contributed by atoms with van der Waals surface area (Å²) in [6.45, 7) is 9.05. The van der Waals surface area contributed by atoms with Crippen molar-refractivity contribution in [3.63, 3.8) is 0 Å². The molecule has 0 aliphatic rings. The van der Waals surface area contributed by atoms with Crippen molar-refractivity contribution in [1.29, 1.82) is 0 Å². The molecule has 0 aliphatic carbocycles. The SMILES string of the molecule is CCCCCCCCCCN(CCCCCCCCCC)C(CCC)CCC(=O)[O-].[K+]. The molecule has 0 aromatic carbocycles. The van der Waals surface area contributed by atoms with E-state index in [-0.39, 0.29) is 57.8 Å². The van der Waals surface area contributed by atoms with Gasteiger partial charge >= 0.3 is 51.4 Å². The van der Waals surface area contributed by atoms with Gasteiger partial charge in [-0.05, 0) is 45.2 Å². The van der Waals surface area contributed by atoms with E-state index in [2.05, 4.69) is 25.7 Å². The van der Waals surface area contributed by atoms with Crippen LogP contribution in [0.1, 0.15) is 149 Å². The number of unbranched alkanes of at least 4 members (excludes halogenated alkanes) is 14. The predicted molar refractivity (Wildman–Crippen MR) is 130 cm³/mol. The van der Waals surface area contributed by atoms with Crippen LogP contribution in [0.2, 0.25) is 0 Å². The van der Waals surface area contributed by atoms with Crippen LogP contribution >= 0.6 is 0 Å². The van der Waals surface area contributed by atoms with Gasteiger partial charge in [-0.2, -0.15) is 0 Å². The van der Waals surface area contributed by atoms with Crippen molar-refractivity contribution in [2.75, 3.05) is 13.1 Å². The largest absolute Gasteiger partial charge is 1.00 e. The van der Waals surface area contributed by atoms with E-state index in [9.17, 15) is 9.90 Å². The summed E-state index contributed by atoms with van der Waals surface area (Å²) in [6, 6.07) is 0.419. The molecule has 0 aliphatic heterocycles. The average molecular weight is 464 g/mol. The van der Waals surface area contributed by atoms with Crippen LogP contribution in [0.25, 0.3) is 0 Å². The first kappa shape index (κ1) is 34.2. The number of aliphatic carboxylic acids is 1. The second kappa shape index (κ2) is 27.3. The Hall–Kier alpha value is 1.07. The molecule has 0 bridgehead atoms. The normalized spacial score (nSPS) is 12.1. The molecule has 0 spiro atoms. The first-order valence-corrected chi connectivity index (χ1v) is 13.6. The van der Waals surface area contributed by atoms with Crippen LogP contribution < -0.4 is 56.5 Å². The summed E-state index contributed by atoms with van der Waals surface area (Å²) in [5, 5.41) is 11.0. The van der Waals surface area contributed by atoms with E-state index < -0.39 is 5.97 Å². The smallest absolute Gasteiger partial charge is 0.550 e. The quantitative estimate of drug-likeness (QED) is 0.159. The van der Waals surface area contributed by atoms with E-state index in [1.165, 1.54) is 103 Å². The number of carbonyl (C=O) groups excluding carboxylic acids is 1. The number of nitrogens with zero attached hydrogens (tertiary/aromatic N) is 1. The Labute approximate surface area is 238 Å². The van der Waals surface area contributed by atoms with Gasteiger partial charge in [-0.15, -0.1) is 0 Å². The molecule has 1 unspecified atom stereocenters. The molecule has 0 heterocycles. The van der Waals surface area contributed by atoms with E-state index >= 15 is 0 Å². The van der Waals surface area contributed by atoms with Gasteiger partial charge in [0.2, 0.25) is 0 Å². The number of rotatable bonds is 24. The van der Waals surface area contributed by atoms with Gasteiger partial charge in [0.05, 0.1) is 0 Å². The minimum atomic E-state index is -0.893. The zero-order valence-corrected chi connectivity index (χ0v) is 25.0. The van der Waals surface area contributed by atoms with Gasteiger partial charge in [-0.3, -0.25) is 0 Å². The predicted octanol–water partition coefficient (Wildman–Crippen LogP) is 4.27. The van der Waals surface area contributed by atoms with E-state index in [0.29, 0.717) is 6.04 Å². The molecular weight excluding hydrogens is 409 g/mol. The Morgan fingerprint density at radius 3 is 1.35 bits per heavy atom. The van der Waals surface area contributed by atoms with Gasteiger partial charge in [0, 0.05) is 12.0 Å². The van der Waals surface area contributed by atoms with E-state index in [4.69, 9.17) is 0 Å². The summed E-state index contributed by atoms with van der Waals surface area (Å²) in [6.07, 6.45) is 24.8. The van der Waals surface area contributed by atoms with Crippen LogP contribution in [0.5, 0.6) is 0 Å². The molecule has 31 heavy (non-hydrogen) atoms. The third-order valence-corrected chi connectivity index (χ3v) is 6.42. The number of hydrogen-bond acceptors (Lipinski definition) is 3. The maximum atomic E-state index is 11.0. The van der Waals surface area contributed by atoms with E-state index in [1.807, 2.05) is 0 Å². The Morgan fingerprint density at radius 1 is 0.613 bits per heavy atom. The topological polar surface area (TPSA) is 43.4 Å². The molecule has 3 nitrogen and oxygen atoms in total. The molecule has 0 aromatic rings. The zero-order chi connectivity index (χ0) is 22.3. The van der Waals surface area contributed by atoms with Crippen LogP contribution in [0.4, 0.5) is 0 Å². The summed E-state index contributed by atoms with van der Waals surface area (Å²) in [7, 11) is 0. The molecule has 0 saturated heterocycles. The molecule has 0 saturated carbocycles. The summed E-state index contributed by atoms with van der Waals surface area (Å²) in [5.74, 6) is -0.893. The van der Waals surface area contributed by atoms with Gasteiger partial charge in [0.25, 0.3) is 0 Å². The van der Waals surface area contributed by atoms with Crippen LogP contribution in [-0.2, 0) is 4.79 Å². The monoisotopic (exact) mass is 463 g/mol. The van der Waals surface area contributed by atoms with Gasteiger partial charge in [0.1, 0.15) is 0 Å². The van der Waals surface area contributed by atoms with Crippen LogP contribution in [0, 0.1) is 0 Å². The molecule has 0 fully saturated rings. The van der Waals surface area contributed by atoms with Gasteiger partial charge < -0.3 is 14.8 Å². The van der Waals surface area contributed by atoms with Crippen LogP contribution in [0.15, 0.2) is 0 Å². The maximum absolute atomic E-state index is 11.0. The molecule has 0 radical (unpaired) electrons. The second-order valence-electron chi connectivity index (χ2n) is 9.34. The molecule has 0 rings (SSSR count). The Kier molecular flexibility index (Phi) is 30.2. The van der Waals surface area contributed by atoms with Crippen LogP contribution in [-0.4, -0.2) is 30.0 Å². The Morgan fingerprint density at radius 2 is 1.00 bits per heavy atom. The summed E-state index contributed by atoms with van der Waals surface area (Å²) in [5.41, 5.74) is 0. The third-order valence-electron chi connectivity index (χ3n) is 6.42. The fourth-order valence-electron chi connectivity index (χ4n) is 4.50. The molecule has 180 valence electrons. The number of carboxylic acid groups (broad SMARTS) is 1. The van der Waals surface area contributed by atoms with Crippen molar-refractivity contribution in [2.24, 2.45) is 0 Å². The molecule has 0 N–H and O–H groups in total. The molecule has 1 atom stereocenters. The summed E-state index contributed by atoms with van der Waals surface area (Å²) >= 11 is 0. The van der Waals surface area contributed by atoms with Gasteiger partial charge in [-0.1, -0.05) is 117 Å². The van der Waals surface area contributed by atoms with Gasteiger partial charge in [0.15, 0.2) is 0 Å². The van der Waals surface area contributed by atoms with Gasteiger partial charge in [-0.25, -0.2) is 0 Å². The van der Waals surface area contributed by atoms with Crippen molar-refractivity contribution in [3.05, 3.63) is 0 Å². The molecule has 0 amide bonds. The summed E-state index contributed by atoms with van der Waals surface area (Å²) in [4.78, 5) is 13.6. The Bertz CT molecular complexity index is 345.